The standard InChI is InChI=1S/C13H27IN2OS/c1-12(2)9-11(10-13(3,4)15-12)16(5)7-6-8-18(14)17/h11,15H,6-10H2,1-5H3. The summed E-state index contributed by atoms with van der Waals surface area (Å²) in [6.07, 6.45) is 3.39. The minimum absolute atomic E-state index is 0.201. The summed E-state index contributed by atoms with van der Waals surface area (Å²) in [7, 11) is 1.52. The molecule has 0 bridgehead atoms. The maximum Gasteiger partial charge on any atom is 0.248 e. The van der Waals surface area contributed by atoms with Gasteiger partial charge in [0.2, 0.25) is 21.2 Å². The average molecular weight is 386 g/mol. The summed E-state index contributed by atoms with van der Waals surface area (Å²) in [6, 6.07) is 0.624. The summed E-state index contributed by atoms with van der Waals surface area (Å²) in [5.74, 6) is 0.808. The first-order valence-electron chi connectivity index (χ1n) is 6.65. The second kappa shape index (κ2) is 6.61. The predicted octanol–water partition coefficient (Wildman–Crippen LogP) is 2.72. The van der Waals surface area contributed by atoms with Crippen molar-refractivity contribution in [1.29, 1.82) is 0 Å². The van der Waals surface area contributed by atoms with Crippen LogP contribution in [0.5, 0.6) is 0 Å². The summed E-state index contributed by atoms with van der Waals surface area (Å²) in [4.78, 5) is 2.45. The molecule has 0 radical (unpaired) electrons. The van der Waals surface area contributed by atoms with Crippen molar-refractivity contribution in [2.75, 3.05) is 19.3 Å². The fraction of sp³-hybridized carbons (Fsp3) is 1.00. The summed E-state index contributed by atoms with van der Waals surface area (Å²) in [6.45, 7) is 10.2. The molecule has 0 aliphatic carbocycles. The van der Waals surface area contributed by atoms with Crippen LogP contribution in [-0.2, 0) is 8.35 Å². The van der Waals surface area contributed by atoms with E-state index in [1.807, 2.05) is 21.2 Å². The van der Waals surface area contributed by atoms with Crippen LogP contribution in [0.15, 0.2) is 0 Å². The van der Waals surface area contributed by atoms with E-state index < -0.39 is 8.35 Å². The Labute approximate surface area is 127 Å². The third-order valence-corrected chi connectivity index (χ3v) is 5.54. The second-order valence-electron chi connectivity index (χ2n) is 6.78. The van der Waals surface area contributed by atoms with E-state index in [1.165, 1.54) is 12.8 Å². The van der Waals surface area contributed by atoms with Crippen molar-refractivity contribution in [1.82, 2.24) is 10.2 Å². The Kier molecular flexibility index (Phi) is 6.25. The van der Waals surface area contributed by atoms with E-state index in [0.717, 1.165) is 18.7 Å². The molecule has 1 aliphatic heterocycles. The average Bonchev–Trinajstić information content (AvgIpc) is 2.11. The van der Waals surface area contributed by atoms with Gasteiger partial charge in [0, 0.05) is 38.4 Å². The number of hydrogen-bond acceptors (Lipinski definition) is 3. The van der Waals surface area contributed by atoms with Crippen LogP contribution in [0, 0.1) is 0 Å². The lowest BCUT2D eigenvalue weighted by Crippen LogP contribution is -2.61. The van der Waals surface area contributed by atoms with E-state index in [4.69, 9.17) is 0 Å². The molecule has 1 rings (SSSR count). The zero-order chi connectivity index (χ0) is 14.0. The van der Waals surface area contributed by atoms with Gasteiger partial charge >= 0.3 is 0 Å². The van der Waals surface area contributed by atoms with Crippen molar-refractivity contribution >= 4 is 29.6 Å². The zero-order valence-corrected chi connectivity index (χ0v) is 15.2. The Morgan fingerprint density at radius 1 is 1.28 bits per heavy atom. The van der Waals surface area contributed by atoms with Gasteiger partial charge in [-0.05, 0) is 47.6 Å². The first-order chi connectivity index (χ1) is 8.11. The van der Waals surface area contributed by atoms with Crippen LogP contribution < -0.4 is 5.32 Å². The fourth-order valence-electron chi connectivity index (χ4n) is 3.19. The lowest BCUT2D eigenvalue weighted by molar-refractivity contribution is 0.0818. The predicted molar refractivity (Wildman–Crippen MR) is 88.6 cm³/mol. The molecule has 0 aromatic carbocycles. The van der Waals surface area contributed by atoms with Crippen LogP contribution in [0.3, 0.4) is 0 Å². The third-order valence-electron chi connectivity index (χ3n) is 3.61. The highest BCUT2D eigenvalue weighted by Crippen LogP contribution is 2.31. The maximum absolute atomic E-state index is 11.1. The van der Waals surface area contributed by atoms with Gasteiger partial charge in [0.05, 0.1) is 0 Å². The lowest BCUT2D eigenvalue weighted by Gasteiger charge is -2.49. The normalized spacial score (nSPS) is 25.3. The Balaban J connectivity index is 2.49. The van der Waals surface area contributed by atoms with Gasteiger partial charge in [0.15, 0.2) is 0 Å². The highest BCUT2D eigenvalue weighted by Gasteiger charge is 2.38. The van der Waals surface area contributed by atoms with Crippen LogP contribution in [0.1, 0.15) is 47.0 Å². The number of rotatable bonds is 5. The van der Waals surface area contributed by atoms with Crippen molar-refractivity contribution in [2.24, 2.45) is 0 Å². The smallest absolute Gasteiger partial charge is 0.248 e. The SMILES string of the molecule is CN(CCC[S+]([O-])I)C1CC(C)(C)NC(C)(C)C1. The molecule has 1 aliphatic rings. The van der Waals surface area contributed by atoms with E-state index in [9.17, 15) is 4.55 Å². The Bertz CT molecular complexity index is 256. The van der Waals surface area contributed by atoms with E-state index >= 15 is 0 Å². The summed E-state index contributed by atoms with van der Waals surface area (Å²) in [5, 5.41) is 3.71. The molecule has 1 unspecified atom stereocenters. The van der Waals surface area contributed by atoms with Crippen LogP contribution in [0.2, 0.25) is 0 Å². The molecule has 108 valence electrons. The molecule has 0 aromatic heterocycles. The molecule has 1 fully saturated rings. The highest BCUT2D eigenvalue weighted by molar-refractivity contribution is 14.2. The van der Waals surface area contributed by atoms with Crippen LogP contribution >= 0.6 is 21.2 Å². The number of nitrogens with zero attached hydrogens (tertiary/aromatic N) is 1. The molecule has 0 aromatic rings. The quantitative estimate of drug-likeness (QED) is 0.583. The first kappa shape index (κ1) is 17.0. The van der Waals surface area contributed by atoms with Gasteiger partial charge in [-0.1, -0.05) is 0 Å². The van der Waals surface area contributed by atoms with Gasteiger partial charge in [-0.2, -0.15) is 0 Å². The molecule has 0 saturated carbocycles. The number of nitrogens with one attached hydrogen (secondary N) is 1. The van der Waals surface area contributed by atoms with E-state index in [2.05, 4.69) is 45.0 Å². The Morgan fingerprint density at radius 2 is 1.78 bits per heavy atom. The highest BCUT2D eigenvalue weighted by atomic mass is 127. The van der Waals surface area contributed by atoms with Crippen molar-refractivity contribution < 1.29 is 4.55 Å². The topological polar surface area (TPSA) is 38.3 Å². The second-order valence-corrected chi connectivity index (χ2v) is 10.7. The molecule has 0 spiro atoms. The summed E-state index contributed by atoms with van der Waals surface area (Å²) in [5.41, 5.74) is 0.402. The molecule has 1 N–H and O–H groups in total. The van der Waals surface area contributed by atoms with E-state index in [0.29, 0.717) is 6.04 Å². The molecule has 18 heavy (non-hydrogen) atoms. The molecule has 1 saturated heterocycles. The minimum atomic E-state index is -0.687. The van der Waals surface area contributed by atoms with Gasteiger partial charge < -0.3 is 14.8 Å². The largest absolute Gasteiger partial charge is 0.609 e. The molecule has 1 atom stereocenters. The van der Waals surface area contributed by atoms with Crippen LogP contribution in [0.4, 0.5) is 0 Å². The summed E-state index contributed by atoms with van der Waals surface area (Å²) < 4.78 is 11.1. The Morgan fingerprint density at radius 3 is 2.22 bits per heavy atom. The molecule has 3 nitrogen and oxygen atoms in total. The molecule has 0 amide bonds. The van der Waals surface area contributed by atoms with Crippen molar-refractivity contribution in [2.45, 2.75) is 64.1 Å². The minimum Gasteiger partial charge on any atom is -0.609 e. The monoisotopic (exact) mass is 386 g/mol. The van der Waals surface area contributed by atoms with E-state index in [1.54, 1.807) is 0 Å². The van der Waals surface area contributed by atoms with Gasteiger partial charge in [-0.3, -0.25) is 0 Å². The Hall–Kier alpha value is 0.960. The van der Waals surface area contributed by atoms with Gasteiger partial charge in [0.1, 0.15) is 5.75 Å². The van der Waals surface area contributed by atoms with Crippen LogP contribution in [-0.4, -0.2) is 45.9 Å². The van der Waals surface area contributed by atoms with Crippen molar-refractivity contribution in [3.8, 4) is 0 Å². The number of halogens is 1. The fourth-order valence-corrected chi connectivity index (χ4v) is 4.48. The zero-order valence-electron chi connectivity index (χ0n) is 12.3. The molecule has 1 heterocycles. The van der Waals surface area contributed by atoms with Crippen molar-refractivity contribution in [3.63, 3.8) is 0 Å². The van der Waals surface area contributed by atoms with Crippen molar-refractivity contribution in [3.05, 3.63) is 0 Å². The first-order valence-corrected chi connectivity index (χ1v) is 10.5. The number of piperidine rings is 1. The summed E-state index contributed by atoms with van der Waals surface area (Å²) >= 11 is 2.00. The lowest BCUT2D eigenvalue weighted by atomic mass is 9.79. The van der Waals surface area contributed by atoms with Gasteiger partial charge in [0.25, 0.3) is 0 Å². The maximum atomic E-state index is 11.1. The molecular weight excluding hydrogens is 359 g/mol. The molecular formula is C13H27IN2OS. The van der Waals surface area contributed by atoms with E-state index in [-0.39, 0.29) is 11.1 Å². The van der Waals surface area contributed by atoms with Crippen LogP contribution in [0.25, 0.3) is 0 Å². The third kappa shape index (κ3) is 5.94. The van der Waals surface area contributed by atoms with Gasteiger partial charge in [-0.15, -0.1) is 0 Å². The number of hydrogen-bond donors (Lipinski definition) is 1. The van der Waals surface area contributed by atoms with Gasteiger partial charge in [-0.25, -0.2) is 0 Å². The molecule has 5 heteroatoms.